The number of hydrogen-bond acceptors (Lipinski definition) is 2. The Labute approximate surface area is 165 Å². The summed E-state index contributed by atoms with van der Waals surface area (Å²) in [6.45, 7) is 0. The quantitative estimate of drug-likeness (QED) is 0.244. The second-order valence-corrected chi connectivity index (χ2v) is 5.94. The van der Waals surface area contributed by atoms with Crippen molar-refractivity contribution < 1.29 is 35.5 Å². The van der Waals surface area contributed by atoms with E-state index in [4.69, 9.17) is 5.73 Å². The zero-order valence-corrected chi connectivity index (χ0v) is 14.8. The largest absolute Gasteiger partial charge is 0.573 e. The van der Waals surface area contributed by atoms with Crippen LogP contribution in [0.3, 0.4) is 0 Å². The number of nitrogen functional groups attached to an aromatic ring is 1. The highest BCUT2D eigenvalue weighted by molar-refractivity contribution is 5.69. The van der Waals surface area contributed by atoms with Crippen molar-refractivity contribution in [1.82, 2.24) is 0 Å². The molecule has 2 nitrogen and oxygen atoms in total. The molecule has 0 spiro atoms. The Kier molecular flexibility index (Phi) is 5.60. The number of anilines is 1. The van der Waals surface area contributed by atoms with Gasteiger partial charge in [-0.05, 0) is 42.0 Å². The first kappa shape index (κ1) is 21.0. The average Bonchev–Trinajstić information content (AvgIpc) is 2.70. The molecule has 9 heteroatoms. The summed E-state index contributed by atoms with van der Waals surface area (Å²) < 4.78 is 95.5. The second kappa shape index (κ2) is 7.99. The van der Waals surface area contributed by atoms with Crippen LogP contribution >= 0.6 is 0 Å². The maximum atomic E-state index is 14.0. The molecule has 0 aromatic heterocycles. The summed E-state index contributed by atoms with van der Waals surface area (Å²) in [5.41, 5.74) is 3.45. The monoisotopic (exact) mass is 425 g/mol. The van der Waals surface area contributed by atoms with Gasteiger partial charge >= 0.3 is 6.36 Å². The van der Waals surface area contributed by atoms with Crippen LogP contribution in [0.5, 0.6) is 5.75 Å². The SMILES string of the molecule is Nc1c(F)c(F)c(-c2ccc(C#Cc3ccc(OC(F)(F)F)cc3)cc2)c(F)c1F. The number of benzene rings is 3. The minimum absolute atomic E-state index is 0.137. The van der Waals surface area contributed by atoms with E-state index in [1.807, 2.05) is 0 Å². The molecule has 0 aliphatic carbocycles. The van der Waals surface area contributed by atoms with Crippen LogP contribution in [0, 0.1) is 35.1 Å². The van der Waals surface area contributed by atoms with Crippen LogP contribution in [0.4, 0.5) is 36.4 Å². The van der Waals surface area contributed by atoms with Gasteiger partial charge in [-0.2, -0.15) is 0 Å². The van der Waals surface area contributed by atoms with Crippen molar-refractivity contribution in [1.29, 1.82) is 0 Å². The molecular weight excluding hydrogens is 415 g/mol. The number of hydrogen-bond donors (Lipinski definition) is 1. The fraction of sp³-hybridized carbons (Fsp3) is 0.0476. The second-order valence-electron chi connectivity index (χ2n) is 5.94. The van der Waals surface area contributed by atoms with E-state index in [0.29, 0.717) is 11.1 Å². The third-order valence-electron chi connectivity index (χ3n) is 3.91. The lowest BCUT2D eigenvalue weighted by Crippen LogP contribution is -2.16. The van der Waals surface area contributed by atoms with Crippen LogP contribution in [-0.4, -0.2) is 6.36 Å². The molecule has 0 saturated heterocycles. The predicted molar refractivity (Wildman–Crippen MR) is 95.2 cm³/mol. The molecule has 0 unspecified atom stereocenters. The molecule has 0 radical (unpaired) electrons. The number of nitrogens with two attached hydrogens (primary N) is 1. The van der Waals surface area contributed by atoms with Crippen molar-refractivity contribution in [3.63, 3.8) is 0 Å². The van der Waals surface area contributed by atoms with Crippen molar-refractivity contribution in [2.45, 2.75) is 6.36 Å². The molecule has 2 N–H and O–H groups in total. The van der Waals surface area contributed by atoms with Crippen LogP contribution in [0.25, 0.3) is 11.1 Å². The zero-order chi connectivity index (χ0) is 22.1. The van der Waals surface area contributed by atoms with Gasteiger partial charge in [-0.15, -0.1) is 13.2 Å². The van der Waals surface area contributed by atoms with Crippen LogP contribution in [0.15, 0.2) is 48.5 Å². The fourth-order valence-corrected chi connectivity index (χ4v) is 2.51. The lowest BCUT2D eigenvalue weighted by Gasteiger charge is -2.09. The first-order valence-corrected chi connectivity index (χ1v) is 8.16. The summed E-state index contributed by atoms with van der Waals surface area (Å²) in [6.07, 6.45) is -4.80. The van der Waals surface area contributed by atoms with Crippen LogP contribution < -0.4 is 10.5 Å². The Balaban J connectivity index is 1.84. The lowest BCUT2D eigenvalue weighted by atomic mass is 10.0. The van der Waals surface area contributed by atoms with Crippen molar-refractivity contribution in [3.8, 4) is 28.7 Å². The van der Waals surface area contributed by atoms with E-state index in [-0.39, 0.29) is 5.56 Å². The fourth-order valence-electron chi connectivity index (χ4n) is 2.51. The maximum Gasteiger partial charge on any atom is 0.573 e. The number of alkyl halides is 3. The van der Waals surface area contributed by atoms with Crippen LogP contribution in [0.2, 0.25) is 0 Å². The molecule has 30 heavy (non-hydrogen) atoms. The van der Waals surface area contributed by atoms with Gasteiger partial charge in [0.2, 0.25) is 0 Å². The molecule has 0 amide bonds. The maximum absolute atomic E-state index is 14.0. The zero-order valence-electron chi connectivity index (χ0n) is 14.8. The van der Waals surface area contributed by atoms with Gasteiger partial charge in [0.15, 0.2) is 23.3 Å². The lowest BCUT2D eigenvalue weighted by molar-refractivity contribution is -0.274. The van der Waals surface area contributed by atoms with Gasteiger partial charge in [-0.3, -0.25) is 0 Å². The topological polar surface area (TPSA) is 35.2 Å². The van der Waals surface area contributed by atoms with Crippen molar-refractivity contribution in [2.75, 3.05) is 5.73 Å². The molecular formula is C21H10F7NO. The highest BCUT2D eigenvalue weighted by Gasteiger charge is 2.31. The van der Waals surface area contributed by atoms with Crippen LogP contribution in [-0.2, 0) is 0 Å². The van der Waals surface area contributed by atoms with E-state index in [2.05, 4.69) is 16.6 Å². The Morgan fingerprint density at radius 1 is 0.667 bits per heavy atom. The van der Waals surface area contributed by atoms with Crippen molar-refractivity contribution >= 4 is 5.69 Å². The standard InChI is InChI=1S/C21H10F7NO/c22-16-15(17(23)19(25)20(29)18(16)24)13-7-3-11(4-8-13)1-2-12-5-9-14(10-6-12)30-21(26,27)28/h3-10H,29H2. The summed E-state index contributed by atoms with van der Waals surface area (Å²) in [4.78, 5) is 0. The van der Waals surface area contributed by atoms with E-state index in [1.54, 1.807) is 0 Å². The minimum atomic E-state index is -4.80. The normalized spacial score (nSPS) is 11.0. The number of ether oxygens (including phenoxy) is 1. The molecule has 3 aromatic rings. The van der Waals surface area contributed by atoms with Gasteiger partial charge < -0.3 is 10.5 Å². The molecule has 154 valence electrons. The number of rotatable bonds is 2. The van der Waals surface area contributed by atoms with E-state index < -0.39 is 46.6 Å². The summed E-state index contributed by atoms with van der Waals surface area (Å²) in [5.74, 6) is -1.63. The molecule has 0 bridgehead atoms. The molecule has 0 aliphatic heterocycles. The summed E-state index contributed by atoms with van der Waals surface area (Å²) in [6, 6.07) is 9.94. The average molecular weight is 425 g/mol. The Bertz CT molecular complexity index is 1110. The molecule has 0 heterocycles. The Hall–Kier alpha value is -3.67. The Morgan fingerprint density at radius 3 is 1.53 bits per heavy atom. The highest BCUT2D eigenvalue weighted by Crippen LogP contribution is 2.33. The van der Waals surface area contributed by atoms with Gasteiger partial charge in [-0.1, -0.05) is 24.0 Å². The van der Waals surface area contributed by atoms with Crippen molar-refractivity contribution in [3.05, 3.63) is 82.9 Å². The third kappa shape index (κ3) is 4.49. The molecule has 3 rings (SSSR count). The van der Waals surface area contributed by atoms with Crippen LogP contribution in [0.1, 0.15) is 11.1 Å². The third-order valence-corrected chi connectivity index (χ3v) is 3.91. The first-order chi connectivity index (χ1) is 14.1. The summed E-state index contributed by atoms with van der Waals surface area (Å²) in [7, 11) is 0. The van der Waals surface area contributed by atoms with Gasteiger partial charge in [0, 0.05) is 11.1 Å². The van der Waals surface area contributed by atoms with E-state index in [9.17, 15) is 30.7 Å². The molecule has 0 fully saturated rings. The minimum Gasteiger partial charge on any atom is -0.406 e. The van der Waals surface area contributed by atoms with Gasteiger partial charge in [-0.25, -0.2) is 17.6 Å². The molecule has 0 saturated carbocycles. The van der Waals surface area contributed by atoms with Gasteiger partial charge in [0.05, 0.1) is 5.56 Å². The van der Waals surface area contributed by atoms with Crippen molar-refractivity contribution in [2.24, 2.45) is 0 Å². The van der Waals surface area contributed by atoms with Gasteiger partial charge in [0.1, 0.15) is 11.4 Å². The predicted octanol–water partition coefficient (Wildman–Crippen LogP) is 5.79. The summed E-state index contributed by atoms with van der Waals surface area (Å²) >= 11 is 0. The van der Waals surface area contributed by atoms with E-state index >= 15 is 0 Å². The van der Waals surface area contributed by atoms with E-state index in [1.165, 1.54) is 36.4 Å². The van der Waals surface area contributed by atoms with E-state index in [0.717, 1.165) is 12.1 Å². The Morgan fingerprint density at radius 2 is 1.10 bits per heavy atom. The number of halogens is 7. The first-order valence-electron chi connectivity index (χ1n) is 8.16. The summed E-state index contributed by atoms with van der Waals surface area (Å²) in [5, 5.41) is 0. The highest BCUT2D eigenvalue weighted by atomic mass is 19.4. The molecule has 3 aromatic carbocycles. The van der Waals surface area contributed by atoms with Gasteiger partial charge in [0.25, 0.3) is 0 Å². The molecule has 0 aliphatic rings. The molecule has 0 atom stereocenters. The smallest absolute Gasteiger partial charge is 0.406 e.